The van der Waals surface area contributed by atoms with Crippen molar-refractivity contribution in [2.24, 2.45) is 5.18 Å². The van der Waals surface area contributed by atoms with Crippen molar-refractivity contribution in [2.45, 2.75) is 6.92 Å². The van der Waals surface area contributed by atoms with Crippen LogP contribution in [0.1, 0.15) is 11.3 Å². The lowest BCUT2D eigenvalue weighted by molar-refractivity contribution is 0.475. The number of nitrogens with one attached hydrogen (secondary N) is 1. The SMILES string of the molecule is Cc1[nH]nc2nc(-c3ccc(O)cc3)c(C#N)c(-c3ccc(N=O)cc3)c12. The van der Waals surface area contributed by atoms with Gasteiger partial charge in [0.1, 0.15) is 17.5 Å². The molecule has 0 aliphatic rings. The fourth-order valence-electron chi connectivity index (χ4n) is 3.12. The zero-order chi connectivity index (χ0) is 19.0. The quantitative estimate of drug-likeness (QED) is 0.522. The molecule has 0 radical (unpaired) electrons. The van der Waals surface area contributed by atoms with Gasteiger partial charge >= 0.3 is 0 Å². The van der Waals surface area contributed by atoms with E-state index in [2.05, 4.69) is 26.4 Å². The van der Waals surface area contributed by atoms with Gasteiger partial charge in [-0.15, -0.1) is 4.91 Å². The number of rotatable bonds is 3. The maximum absolute atomic E-state index is 10.7. The van der Waals surface area contributed by atoms with E-state index < -0.39 is 0 Å². The topological polar surface area (TPSA) is 115 Å². The molecule has 0 saturated carbocycles. The highest BCUT2D eigenvalue weighted by atomic mass is 16.3. The number of aromatic amines is 1. The number of phenols is 1. The molecule has 4 rings (SSSR count). The predicted molar refractivity (Wildman–Crippen MR) is 101 cm³/mol. The highest BCUT2D eigenvalue weighted by Gasteiger charge is 2.21. The van der Waals surface area contributed by atoms with Crippen molar-refractivity contribution >= 4 is 16.7 Å². The van der Waals surface area contributed by atoms with Gasteiger partial charge in [-0.05, 0) is 54.1 Å². The van der Waals surface area contributed by atoms with Crippen molar-refractivity contribution in [3.63, 3.8) is 0 Å². The van der Waals surface area contributed by atoms with Crippen molar-refractivity contribution in [2.75, 3.05) is 0 Å². The average Bonchev–Trinajstić information content (AvgIpc) is 3.08. The van der Waals surface area contributed by atoms with E-state index in [1.54, 1.807) is 48.5 Å². The molecule has 7 nitrogen and oxygen atoms in total. The zero-order valence-electron chi connectivity index (χ0n) is 14.3. The van der Waals surface area contributed by atoms with Gasteiger partial charge in [-0.1, -0.05) is 12.1 Å². The highest BCUT2D eigenvalue weighted by Crippen LogP contribution is 2.38. The monoisotopic (exact) mass is 355 g/mol. The van der Waals surface area contributed by atoms with E-state index in [-0.39, 0.29) is 5.75 Å². The molecule has 0 fully saturated rings. The number of nitroso groups, excluding NO2 is 1. The van der Waals surface area contributed by atoms with Crippen LogP contribution in [-0.2, 0) is 0 Å². The molecule has 2 N–H and O–H groups in total. The Balaban J connectivity index is 2.08. The Kier molecular flexibility index (Phi) is 3.86. The largest absolute Gasteiger partial charge is 0.508 e. The summed E-state index contributed by atoms with van der Waals surface area (Å²) in [4.78, 5) is 15.3. The van der Waals surface area contributed by atoms with E-state index >= 15 is 0 Å². The van der Waals surface area contributed by atoms with Gasteiger partial charge in [0.2, 0.25) is 0 Å². The van der Waals surface area contributed by atoms with E-state index in [0.717, 1.165) is 16.6 Å². The normalized spacial score (nSPS) is 10.7. The number of fused-ring (bicyclic) bond motifs is 1. The summed E-state index contributed by atoms with van der Waals surface area (Å²) in [6.45, 7) is 1.86. The number of nitriles is 1. The number of aromatic hydroxyl groups is 1. The molecule has 0 aliphatic carbocycles. The summed E-state index contributed by atoms with van der Waals surface area (Å²) >= 11 is 0. The fraction of sp³-hybridized carbons (Fsp3) is 0.0500. The Bertz CT molecular complexity index is 1200. The van der Waals surface area contributed by atoms with E-state index in [9.17, 15) is 15.3 Å². The third-order valence-electron chi connectivity index (χ3n) is 4.40. The third-order valence-corrected chi connectivity index (χ3v) is 4.40. The van der Waals surface area contributed by atoms with E-state index in [1.807, 2.05) is 6.92 Å². The van der Waals surface area contributed by atoms with Crippen molar-refractivity contribution in [1.29, 1.82) is 5.26 Å². The minimum atomic E-state index is 0.131. The van der Waals surface area contributed by atoms with Crippen LogP contribution in [0.25, 0.3) is 33.4 Å². The van der Waals surface area contributed by atoms with Crippen molar-refractivity contribution < 1.29 is 5.11 Å². The molecular formula is C20H13N5O2. The van der Waals surface area contributed by atoms with Gasteiger partial charge in [-0.25, -0.2) is 4.98 Å². The van der Waals surface area contributed by atoms with E-state index in [0.29, 0.717) is 33.7 Å². The lowest BCUT2D eigenvalue weighted by atomic mass is 9.93. The van der Waals surface area contributed by atoms with E-state index in [4.69, 9.17) is 0 Å². The lowest BCUT2D eigenvalue weighted by Gasteiger charge is -2.12. The van der Waals surface area contributed by atoms with Crippen LogP contribution in [-0.4, -0.2) is 20.3 Å². The first-order valence-corrected chi connectivity index (χ1v) is 8.14. The van der Waals surface area contributed by atoms with Crippen LogP contribution < -0.4 is 0 Å². The average molecular weight is 355 g/mol. The molecule has 7 heteroatoms. The number of phenolic OH excluding ortho intramolecular Hbond substituents is 1. The molecule has 0 atom stereocenters. The molecule has 0 saturated heterocycles. The van der Waals surface area contributed by atoms with Crippen LogP contribution in [0.2, 0.25) is 0 Å². The summed E-state index contributed by atoms with van der Waals surface area (Å²) in [6.07, 6.45) is 0. The predicted octanol–water partition coefficient (Wildman–Crippen LogP) is 4.58. The number of H-pyrrole nitrogens is 1. The standard InChI is InChI=1S/C20H13N5O2/c1-11-17-18(12-2-6-14(25-27)7-3-12)16(10-21)19(22-20(17)24-23-11)13-4-8-15(26)9-5-13/h2-9,26H,1H3,(H,22,23,24). The maximum Gasteiger partial charge on any atom is 0.182 e. The minimum absolute atomic E-state index is 0.131. The molecule has 0 amide bonds. The van der Waals surface area contributed by atoms with Gasteiger partial charge < -0.3 is 5.11 Å². The Morgan fingerprint density at radius 2 is 1.74 bits per heavy atom. The number of benzene rings is 2. The van der Waals surface area contributed by atoms with Gasteiger partial charge in [0.25, 0.3) is 0 Å². The Labute approximate surface area is 153 Å². The molecule has 2 heterocycles. The minimum Gasteiger partial charge on any atom is -0.508 e. The third kappa shape index (κ3) is 2.69. The van der Waals surface area contributed by atoms with Crippen LogP contribution >= 0.6 is 0 Å². The van der Waals surface area contributed by atoms with Crippen molar-refractivity contribution in [1.82, 2.24) is 15.2 Å². The summed E-state index contributed by atoms with van der Waals surface area (Å²) in [5, 5.41) is 30.3. The van der Waals surface area contributed by atoms with Gasteiger partial charge in [0.15, 0.2) is 5.65 Å². The van der Waals surface area contributed by atoms with Gasteiger partial charge in [0, 0.05) is 16.8 Å². The maximum atomic E-state index is 10.7. The highest BCUT2D eigenvalue weighted by molar-refractivity contribution is 6.00. The first-order valence-electron chi connectivity index (χ1n) is 8.14. The zero-order valence-corrected chi connectivity index (χ0v) is 14.3. The molecule has 130 valence electrons. The Hall–Kier alpha value is -4.05. The number of hydrogen-bond donors (Lipinski definition) is 2. The molecule has 0 aliphatic heterocycles. The second-order valence-electron chi connectivity index (χ2n) is 6.05. The van der Waals surface area contributed by atoms with Crippen LogP contribution in [0.5, 0.6) is 5.75 Å². The molecule has 27 heavy (non-hydrogen) atoms. The Morgan fingerprint density at radius 1 is 1.07 bits per heavy atom. The second-order valence-corrected chi connectivity index (χ2v) is 6.05. The smallest absolute Gasteiger partial charge is 0.182 e. The lowest BCUT2D eigenvalue weighted by Crippen LogP contribution is -1.96. The number of pyridine rings is 1. The second kappa shape index (κ2) is 6.35. The molecule has 4 aromatic rings. The summed E-state index contributed by atoms with van der Waals surface area (Å²) in [5.41, 5.74) is 4.60. The first-order chi connectivity index (χ1) is 13.1. The van der Waals surface area contributed by atoms with Gasteiger partial charge in [0.05, 0.1) is 16.6 Å². The molecular weight excluding hydrogens is 342 g/mol. The van der Waals surface area contributed by atoms with Crippen LogP contribution in [0.4, 0.5) is 5.69 Å². The Morgan fingerprint density at radius 3 is 2.37 bits per heavy atom. The summed E-state index contributed by atoms with van der Waals surface area (Å²) in [7, 11) is 0. The first kappa shape index (κ1) is 16.4. The fourth-order valence-corrected chi connectivity index (χ4v) is 3.12. The van der Waals surface area contributed by atoms with Gasteiger partial charge in [-0.3, -0.25) is 5.10 Å². The molecule has 0 unspecified atom stereocenters. The summed E-state index contributed by atoms with van der Waals surface area (Å²) in [5.74, 6) is 0.131. The number of nitrogens with zero attached hydrogens (tertiary/aromatic N) is 4. The number of hydrogen-bond acceptors (Lipinski definition) is 6. The van der Waals surface area contributed by atoms with Crippen molar-refractivity contribution in [3.8, 4) is 34.2 Å². The van der Waals surface area contributed by atoms with Crippen molar-refractivity contribution in [3.05, 3.63) is 64.7 Å². The summed E-state index contributed by atoms with van der Waals surface area (Å²) in [6, 6.07) is 15.5. The molecule has 2 aromatic carbocycles. The molecule has 0 bridgehead atoms. The van der Waals surface area contributed by atoms with E-state index in [1.165, 1.54) is 0 Å². The molecule has 2 aromatic heterocycles. The van der Waals surface area contributed by atoms with Crippen LogP contribution in [0, 0.1) is 23.2 Å². The van der Waals surface area contributed by atoms with Gasteiger partial charge in [-0.2, -0.15) is 10.4 Å². The molecule has 0 spiro atoms. The summed E-state index contributed by atoms with van der Waals surface area (Å²) < 4.78 is 0. The van der Waals surface area contributed by atoms with Crippen LogP contribution in [0.15, 0.2) is 53.7 Å². The number of aryl methyl sites for hydroxylation is 1. The van der Waals surface area contributed by atoms with Crippen LogP contribution in [0.3, 0.4) is 0 Å². The number of aromatic nitrogens is 3.